The minimum absolute atomic E-state index is 0.252. The highest BCUT2D eigenvalue weighted by atomic mass is 32.2. The van der Waals surface area contributed by atoms with E-state index in [1.54, 1.807) is 6.92 Å². The molecule has 1 aromatic rings. The van der Waals surface area contributed by atoms with Gasteiger partial charge < -0.3 is 9.84 Å². The summed E-state index contributed by atoms with van der Waals surface area (Å²) in [5.41, 5.74) is -0.252. The number of hydrogen-bond acceptors (Lipinski definition) is 6. The molecule has 0 radical (unpaired) electrons. The third-order valence-electron chi connectivity index (χ3n) is 2.25. The molecule has 8 heteroatoms. The summed E-state index contributed by atoms with van der Waals surface area (Å²) in [6.07, 6.45) is 1.00. The predicted octanol–water partition coefficient (Wildman–Crippen LogP) is 0.589. The van der Waals surface area contributed by atoms with Crippen LogP contribution < -0.4 is 5.32 Å². The Labute approximate surface area is 112 Å². The van der Waals surface area contributed by atoms with Crippen molar-refractivity contribution in [2.45, 2.75) is 39.2 Å². The van der Waals surface area contributed by atoms with Crippen LogP contribution in [0, 0.1) is 0 Å². The van der Waals surface area contributed by atoms with Gasteiger partial charge in [-0.25, -0.2) is 8.42 Å². The predicted molar refractivity (Wildman–Crippen MR) is 69.3 cm³/mol. The van der Waals surface area contributed by atoms with E-state index in [4.69, 9.17) is 4.52 Å². The van der Waals surface area contributed by atoms with E-state index in [0.29, 0.717) is 5.82 Å². The number of nitrogens with zero attached hydrogens (tertiary/aromatic N) is 2. The molecule has 0 aromatic carbocycles. The second-order valence-electron chi connectivity index (χ2n) is 5.57. The molecule has 1 atom stereocenters. The molecular weight excluding hydrogens is 270 g/mol. The van der Waals surface area contributed by atoms with Gasteiger partial charge in [0, 0.05) is 11.7 Å². The lowest BCUT2D eigenvalue weighted by molar-refractivity contribution is -0.119. The number of nitrogens with one attached hydrogen (secondary N) is 1. The fourth-order valence-corrected chi connectivity index (χ4v) is 1.86. The average Bonchev–Trinajstić information content (AvgIpc) is 2.61. The van der Waals surface area contributed by atoms with Crippen molar-refractivity contribution in [3.8, 4) is 0 Å². The Morgan fingerprint density at radius 1 is 1.42 bits per heavy atom. The molecule has 0 aliphatic carbocycles. The Bertz CT molecular complexity index is 557. The van der Waals surface area contributed by atoms with Gasteiger partial charge in [0.15, 0.2) is 15.7 Å². The van der Waals surface area contributed by atoms with Crippen molar-refractivity contribution in [1.82, 2.24) is 15.5 Å². The minimum Gasteiger partial charge on any atom is -0.344 e. The molecule has 1 amide bonds. The standard InChI is InChI=1S/C11H19N3O4S/c1-7(12-8(15)6-19(5,16)17)9-13-10(14-18-9)11(2,3)4/h7H,6H2,1-5H3,(H,12,15). The average molecular weight is 289 g/mol. The molecule has 19 heavy (non-hydrogen) atoms. The summed E-state index contributed by atoms with van der Waals surface area (Å²) >= 11 is 0. The lowest BCUT2D eigenvalue weighted by atomic mass is 9.96. The number of aromatic nitrogens is 2. The quantitative estimate of drug-likeness (QED) is 0.870. The summed E-state index contributed by atoms with van der Waals surface area (Å²) in [5.74, 6) is -0.360. The summed E-state index contributed by atoms with van der Waals surface area (Å²) < 4.78 is 27.0. The fourth-order valence-electron chi connectivity index (χ4n) is 1.30. The van der Waals surface area contributed by atoms with Crippen LogP contribution in [0.4, 0.5) is 0 Å². The van der Waals surface area contributed by atoms with Gasteiger partial charge in [-0.2, -0.15) is 4.98 Å². The molecule has 1 rings (SSSR count). The molecule has 0 spiro atoms. The highest BCUT2D eigenvalue weighted by molar-refractivity contribution is 7.91. The fraction of sp³-hybridized carbons (Fsp3) is 0.727. The van der Waals surface area contributed by atoms with Crippen molar-refractivity contribution < 1.29 is 17.7 Å². The second-order valence-corrected chi connectivity index (χ2v) is 7.71. The molecule has 108 valence electrons. The molecule has 1 heterocycles. The normalized spacial score (nSPS) is 14.2. The first-order chi connectivity index (χ1) is 8.49. The van der Waals surface area contributed by atoms with E-state index in [-0.39, 0.29) is 11.3 Å². The number of rotatable bonds is 4. The zero-order chi connectivity index (χ0) is 14.8. The molecule has 0 aliphatic rings. The van der Waals surface area contributed by atoms with E-state index >= 15 is 0 Å². The minimum atomic E-state index is -3.35. The van der Waals surface area contributed by atoms with Crippen molar-refractivity contribution >= 4 is 15.7 Å². The summed E-state index contributed by atoms with van der Waals surface area (Å²) in [4.78, 5) is 15.7. The molecule has 0 fully saturated rings. The first kappa shape index (κ1) is 15.6. The molecule has 0 saturated heterocycles. The number of amides is 1. The van der Waals surface area contributed by atoms with E-state index < -0.39 is 27.5 Å². The molecule has 0 bridgehead atoms. The van der Waals surface area contributed by atoms with Crippen LogP contribution in [0.15, 0.2) is 4.52 Å². The molecule has 1 aromatic heterocycles. The lowest BCUT2D eigenvalue weighted by Gasteiger charge is -2.11. The molecule has 0 aliphatic heterocycles. The van der Waals surface area contributed by atoms with Crippen molar-refractivity contribution in [1.29, 1.82) is 0 Å². The monoisotopic (exact) mass is 289 g/mol. The number of carbonyl (C=O) groups excluding carboxylic acids is 1. The third-order valence-corrected chi connectivity index (χ3v) is 3.04. The topological polar surface area (TPSA) is 102 Å². The van der Waals surface area contributed by atoms with Gasteiger partial charge in [-0.05, 0) is 6.92 Å². The first-order valence-electron chi connectivity index (χ1n) is 5.80. The van der Waals surface area contributed by atoms with Gasteiger partial charge in [0.2, 0.25) is 11.8 Å². The van der Waals surface area contributed by atoms with Crippen LogP contribution in [0.1, 0.15) is 45.5 Å². The number of sulfone groups is 1. The smallest absolute Gasteiger partial charge is 0.248 e. The highest BCUT2D eigenvalue weighted by Crippen LogP contribution is 2.20. The van der Waals surface area contributed by atoms with Gasteiger partial charge in [-0.15, -0.1) is 0 Å². The Morgan fingerprint density at radius 3 is 2.42 bits per heavy atom. The summed E-state index contributed by atoms with van der Waals surface area (Å²) in [5, 5.41) is 6.34. The highest BCUT2D eigenvalue weighted by Gasteiger charge is 2.24. The van der Waals surface area contributed by atoms with Crippen LogP contribution in [0.2, 0.25) is 0 Å². The van der Waals surface area contributed by atoms with E-state index in [9.17, 15) is 13.2 Å². The van der Waals surface area contributed by atoms with Gasteiger partial charge in [0.05, 0.1) is 0 Å². The molecule has 0 saturated carbocycles. The Balaban J connectivity index is 2.71. The molecule has 1 N–H and O–H groups in total. The summed E-state index contributed by atoms with van der Waals surface area (Å²) in [6.45, 7) is 7.47. The van der Waals surface area contributed by atoms with E-state index in [1.165, 1.54) is 0 Å². The van der Waals surface area contributed by atoms with E-state index in [2.05, 4.69) is 15.5 Å². The van der Waals surface area contributed by atoms with Gasteiger partial charge in [-0.1, -0.05) is 25.9 Å². The number of hydrogen-bond donors (Lipinski definition) is 1. The van der Waals surface area contributed by atoms with E-state index in [1.807, 2.05) is 20.8 Å². The van der Waals surface area contributed by atoms with Crippen LogP contribution in [-0.4, -0.2) is 36.5 Å². The lowest BCUT2D eigenvalue weighted by Crippen LogP contribution is -2.32. The zero-order valence-electron chi connectivity index (χ0n) is 11.7. The van der Waals surface area contributed by atoms with Crippen LogP contribution in [0.5, 0.6) is 0 Å². The molecule has 1 unspecified atom stereocenters. The Kier molecular flexibility index (Phi) is 4.34. The Morgan fingerprint density at radius 2 is 2.00 bits per heavy atom. The van der Waals surface area contributed by atoms with Crippen molar-refractivity contribution in [3.05, 3.63) is 11.7 Å². The summed E-state index contributed by atoms with van der Waals surface area (Å²) in [6, 6.07) is -0.530. The zero-order valence-corrected chi connectivity index (χ0v) is 12.5. The van der Waals surface area contributed by atoms with Crippen molar-refractivity contribution in [3.63, 3.8) is 0 Å². The molecule has 7 nitrogen and oxygen atoms in total. The van der Waals surface area contributed by atoms with Gasteiger partial charge >= 0.3 is 0 Å². The maximum Gasteiger partial charge on any atom is 0.248 e. The molecular formula is C11H19N3O4S. The van der Waals surface area contributed by atoms with Gasteiger partial charge in [0.25, 0.3) is 0 Å². The maximum atomic E-state index is 11.5. The third kappa shape index (κ3) is 4.98. The van der Waals surface area contributed by atoms with Gasteiger partial charge in [-0.3, -0.25) is 4.79 Å². The maximum absolute atomic E-state index is 11.5. The van der Waals surface area contributed by atoms with Crippen LogP contribution in [-0.2, 0) is 20.0 Å². The largest absolute Gasteiger partial charge is 0.344 e. The van der Waals surface area contributed by atoms with Crippen molar-refractivity contribution in [2.24, 2.45) is 0 Å². The second kappa shape index (κ2) is 5.28. The summed E-state index contributed by atoms with van der Waals surface area (Å²) in [7, 11) is -3.35. The SMILES string of the molecule is CC(NC(=O)CS(C)(=O)=O)c1nc(C(C)(C)C)no1. The van der Waals surface area contributed by atoms with E-state index in [0.717, 1.165) is 6.26 Å². The first-order valence-corrected chi connectivity index (χ1v) is 7.86. The number of carbonyl (C=O) groups is 1. The Hall–Kier alpha value is -1.44. The van der Waals surface area contributed by atoms with Gasteiger partial charge in [0.1, 0.15) is 11.8 Å². The van der Waals surface area contributed by atoms with Crippen LogP contribution in [0.3, 0.4) is 0 Å². The van der Waals surface area contributed by atoms with Crippen molar-refractivity contribution in [2.75, 3.05) is 12.0 Å². The van der Waals surface area contributed by atoms with Crippen LogP contribution in [0.25, 0.3) is 0 Å². The van der Waals surface area contributed by atoms with Crippen LogP contribution >= 0.6 is 0 Å².